The molecule has 1 atom stereocenters. The molecule has 0 radical (unpaired) electrons. The van der Waals surface area contributed by atoms with Gasteiger partial charge in [-0.2, -0.15) is 5.26 Å². The van der Waals surface area contributed by atoms with Crippen molar-refractivity contribution in [1.29, 1.82) is 5.26 Å². The third kappa shape index (κ3) is 7.79. The van der Waals surface area contributed by atoms with Crippen LogP contribution >= 0.6 is 0 Å². The number of ketones is 1. The van der Waals surface area contributed by atoms with Crippen LogP contribution in [0.1, 0.15) is 59.8 Å². The van der Waals surface area contributed by atoms with Gasteiger partial charge in [0.25, 0.3) is 0 Å². The number of rotatable bonds is 13. The van der Waals surface area contributed by atoms with Crippen LogP contribution in [0.25, 0.3) is 11.0 Å². The predicted octanol–water partition coefficient (Wildman–Crippen LogP) is 5.57. The number of Topliss-reactive ketones (excluding diaryl/α,β-unsaturated/α-hetero) is 1. The molecule has 0 saturated carbocycles. The highest BCUT2D eigenvalue weighted by atomic mass is 19.4. The molecule has 0 spiro atoms. The van der Waals surface area contributed by atoms with E-state index < -0.39 is 12.3 Å². The van der Waals surface area contributed by atoms with Gasteiger partial charge in [-0.15, -0.1) is 13.2 Å². The molecule has 0 aliphatic rings. The van der Waals surface area contributed by atoms with Gasteiger partial charge in [0.2, 0.25) is 0 Å². The zero-order valence-electron chi connectivity index (χ0n) is 21.0. The van der Waals surface area contributed by atoms with E-state index in [0.29, 0.717) is 53.6 Å². The van der Waals surface area contributed by atoms with Crippen LogP contribution in [0.3, 0.4) is 0 Å². The first-order valence-electron chi connectivity index (χ1n) is 12.0. The number of aliphatic carboxylic acids is 1. The van der Waals surface area contributed by atoms with Crippen molar-refractivity contribution in [3.63, 3.8) is 0 Å². The number of fused-ring (bicyclic) bond motifs is 1. The number of hydrogen-bond acceptors (Lipinski definition) is 6. The predicted molar refractivity (Wildman–Crippen MR) is 132 cm³/mol. The van der Waals surface area contributed by atoms with Crippen LogP contribution in [0.15, 0.2) is 36.5 Å². The topological polar surface area (TPSA) is 114 Å². The molecule has 0 saturated heterocycles. The minimum atomic E-state index is -4.76. The van der Waals surface area contributed by atoms with Gasteiger partial charge >= 0.3 is 12.3 Å². The minimum Gasteiger partial charge on any atom is -0.481 e. The number of alkyl halides is 3. The fourth-order valence-electron chi connectivity index (χ4n) is 4.33. The number of carboxylic acid groups (broad SMARTS) is 1. The van der Waals surface area contributed by atoms with Crippen LogP contribution in [0.4, 0.5) is 13.2 Å². The Hall–Kier alpha value is -3.91. The summed E-state index contributed by atoms with van der Waals surface area (Å²) in [4.78, 5) is 28.7. The smallest absolute Gasteiger partial charge is 0.481 e. The Morgan fingerprint density at radius 3 is 2.66 bits per heavy atom. The van der Waals surface area contributed by atoms with Crippen molar-refractivity contribution >= 4 is 22.8 Å². The van der Waals surface area contributed by atoms with Crippen LogP contribution in [0.2, 0.25) is 0 Å². The largest absolute Gasteiger partial charge is 0.573 e. The zero-order valence-corrected chi connectivity index (χ0v) is 21.0. The molecule has 11 heteroatoms. The number of halogens is 3. The summed E-state index contributed by atoms with van der Waals surface area (Å²) in [6.07, 6.45) is -1.61. The molecule has 0 aliphatic heterocycles. The number of hydrogen-bond donors (Lipinski definition) is 1. The molecular formula is C27H28F3N3O5. The third-order valence-electron chi connectivity index (χ3n) is 5.97. The lowest BCUT2D eigenvalue weighted by molar-refractivity contribution is -0.274. The van der Waals surface area contributed by atoms with Gasteiger partial charge in [-0.1, -0.05) is 19.1 Å². The number of nitriles is 1. The van der Waals surface area contributed by atoms with E-state index in [1.165, 1.54) is 24.4 Å². The monoisotopic (exact) mass is 531 g/mol. The highest BCUT2D eigenvalue weighted by Gasteiger charge is 2.31. The van der Waals surface area contributed by atoms with E-state index in [1.807, 2.05) is 10.6 Å². The summed E-state index contributed by atoms with van der Waals surface area (Å²) < 4.78 is 48.6. The lowest BCUT2D eigenvalue weighted by atomic mass is 9.94. The number of pyridine rings is 1. The molecule has 0 amide bonds. The van der Waals surface area contributed by atoms with E-state index in [-0.39, 0.29) is 36.9 Å². The molecule has 0 fully saturated rings. The molecule has 2 aromatic heterocycles. The number of benzene rings is 1. The summed E-state index contributed by atoms with van der Waals surface area (Å²) in [5, 5.41) is 18.9. The van der Waals surface area contributed by atoms with Crippen molar-refractivity contribution in [2.45, 2.75) is 52.0 Å². The molecule has 0 bridgehead atoms. The van der Waals surface area contributed by atoms with Crippen molar-refractivity contribution in [3.8, 4) is 11.8 Å². The van der Waals surface area contributed by atoms with Crippen molar-refractivity contribution in [2.75, 3.05) is 6.61 Å². The molecule has 38 heavy (non-hydrogen) atoms. The molecule has 3 aromatic rings. The summed E-state index contributed by atoms with van der Waals surface area (Å²) in [5.74, 6) is -1.84. The lowest BCUT2D eigenvalue weighted by Crippen LogP contribution is -2.17. The molecule has 0 aliphatic carbocycles. The average Bonchev–Trinajstić information content (AvgIpc) is 3.10. The Morgan fingerprint density at radius 1 is 1.21 bits per heavy atom. The van der Waals surface area contributed by atoms with Crippen LogP contribution in [-0.2, 0) is 29.6 Å². The molecule has 1 aromatic carbocycles. The van der Waals surface area contributed by atoms with Crippen LogP contribution in [-0.4, -0.2) is 39.4 Å². The Morgan fingerprint density at radius 2 is 1.97 bits per heavy atom. The SMILES string of the molecule is C[C@@H](CC(=O)O)CC(=O)c1c(CCCCOCc2cccc(OC(F)(F)F)c2)n(C)c2ncc(C#N)cc12. The van der Waals surface area contributed by atoms with E-state index in [2.05, 4.69) is 9.72 Å². The third-order valence-corrected chi connectivity index (χ3v) is 5.97. The Labute approximate surface area is 217 Å². The molecular weight excluding hydrogens is 503 g/mol. The second-order valence-electron chi connectivity index (χ2n) is 9.12. The highest BCUT2D eigenvalue weighted by Crippen LogP contribution is 2.29. The summed E-state index contributed by atoms with van der Waals surface area (Å²) >= 11 is 0. The van der Waals surface area contributed by atoms with E-state index in [4.69, 9.17) is 9.84 Å². The second kappa shape index (κ2) is 12.6. The summed E-state index contributed by atoms with van der Waals surface area (Å²) in [7, 11) is 1.79. The number of carbonyl (C=O) groups excluding carboxylic acids is 1. The van der Waals surface area contributed by atoms with Crippen LogP contribution in [0.5, 0.6) is 5.75 Å². The molecule has 202 valence electrons. The fraction of sp³-hybridized carbons (Fsp3) is 0.407. The first kappa shape index (κ1) is 28.7. The fourth-order valence-corrected chi connectivity index (χ4v) is 4.33. The number of carboxylic acids is 1. The Balaban J connectivity index is 1.65. The van der Waals surface area contributed by atoms with E-state index in [0.717, 1.165) is 5.69 Å². The zero-order chi connectivity index (χ0) is 27.9. The maximum atomic E-state index is 13.3. The molecule has 3 rings (SSSR count). The highest BCUT2D eigenvalue weighted by molar-refractivity contribution is 6.09. The van der Waals surface area contributed by atoms with Gasteiger partial charge in [-0.25, -0.2) is 4.98 Å². The van der Waals surface area contributed by atoms with Crippen molar-refractivity contribution in [3.05, 3.63) is 58.9 Å². The van der Waals surface area contributed by atoms with Crippen molar-refractivity contribution in [1.82, 2.24) is 9.55 Å². The van der Waals surface area contributed by atoms with Crippen LogP contribution in [0, 0.1) is 17.2 Å². The number of unbranched alkanes of at least 4 members (excludes halogenated alkanes) is 1. The Kier molecular flexibility index (Phi) is 9.47. The molecule has 1 N–H and O–H groups in total. The van der Waals surface area contributed by atoms with Gasteiger partial charge in [-0.05, 0) is 48.9 Å². The van der Waals surface area contributed by atoms with E-state index in [1.54, 1.807) is 26.1 Å². The van der Waals surface area contributed by atoms with Gasteiger partial charge in [0.05, 0.1) is 12.2 Å². The van der Waals surface area contributed by atoms with Crippen LogP contribution < -0.4 is 4.74 Å². The van der Waals surface area contributed by atoms with Gasteiger partial charge in [0.15, 0.2) is 5.78 Å². The first-order chi connectivity index (χ1) is 18.0. The molecule has 0 unspecified atom stereocenters. The lowest BCUT2D eigenvalue weighted by Gasteiger charge is -2.11. The number of carbonyl (C=O) groups is 2. The number of aryl methyl sites for hydroxylation is 1. The summed E-state index contributed by atoms with van der Waals surface area (Å²) in [5.41, 5.74) is 2.62. The van der Waals surface area contributed by atoms with Gasteiger partial charge < -0.3 is 19.1 Å². The standard InChI is InChI=1S/C27H28F3N3O5/c1-17(11-24(35)36)10-23(34)25-21-13-19(14-31)15-32-26(21)33(2)22(25)8-3-4-9-37-16-18-6-5-7-20(12-18)38-27(28,29)30/h5-7,12-13,15,17H,3-4,8-11,16H2,1-2H3,(H,35,36)/t17-/m1/s1. The number of ether oxygens (including phenoxy) is 2. The van der Waals surface area contributed by atoms with Crippen molar-refractivity contribution in [2.24, 2.45) is 13.0 Å². The number of nitrogens with zero attached hydrogens (tertiary/aromatic N) is 3. The van der Waals surface area contributed by atoms with Crippen molar-refractivity contribution < 1.29 is 37.3 Å². The van der Waals surface area contributed by atoms with Gasteiger partial charge in [-0.3, -0.25) is 9.59 Å². The normalized spacial score (nSPS) is 12.3. The quantitative estimate of drug-likeness (QED) is 0.227. The average molecular weight is 532 g/mol. The van der Waals surface area contributed by atoms with Gasteiger partial charge in [0, 0.05) is 49.3 Å². The molecule has 2 heterocycles. The second-order valence-corrected chi connectivity index (χ2v) is 9.12. The minimum absolute atomic E-state index is 0.0510. The Bertz CT molecular complexity index is 1340. The molecule has 8 nitrogen and oxygen atoms in total. The summed E-state index contributed by atoms with van der Waals surface area (Å²) in [6.45, 7) is 2.18. The maximum absolute atomic E-state index is 13.3. The van der Waals surface area contributed by atoms with E-state index in [9.17, 15) is 28.0 Å². The van der Waals surface area contributed by atoms with Gasteiger partial charge in [0.1, 0.15) is 17.5 Å². The maximum Gasteiger partial charge on any atom is 0.573 e. The first-order valence-corrected chi connectivity index (χ1v) is 12.0. The van der Waals surface area contributed by atoms with E-state index >= 15 is 0 Å². The number of aromatic nitrogens is 2. The summed E-state index contributed by atoms with van der Waals surface area (Å²) in [6, 6.07) is 9.25.